The summed E-state index contributed by atoms with van der Waals surface area (Å²) in [5.74, 6) is 0.942. The van der Waals surface area contributed by atoms with E-state index in [0.717, 1.165) is 24.9 Å². The molecule has 0 radical (unpaired) electrons. The second kappa shape index (κ2) is 2.96. The van der Waals surface area contributed by atoms with Gasteiger partial charge < -0.3 is 5.11 Å². The van der Waals surface area contributed by atoms with Gasteiger partial charge in [0, 0.05) is 13.1 Å². The van der Waals surface area contributed by atoms with Crippen molar-refractivity contribution in [3.63, 3.8) is 0 Å². The lowest BCUT2D eigenvalue weighted by Crippen LogP contribution is -2.49. The molecule has 1 heterocycles. The molecule has 2 aliphatic rings. The van der Waals surface area contributed by atoms with Gasteiger partial charge in [-0.05, 0) is 23.7 Å². The predicted octanol–water partition coefficient (Wildman–Crippen LogP) is 1.44. The van der Waals surface area contributed by atoms with Gasteiger partial charge in [-0.25, -0.2) is 0 Å². The Morgan fingerprint density at radius 3 is 2.21 bits per heavy atom. The van der Waals surface area contributed by atoms with Gasteiger partial charge in [0.25, 0.3) is 0 Å². The number of hydrogen-bond donors (Lipinski definition) is 1. The summed E-state index contributed by atoms with van der Waals surface area (Å²) in [6.07, 6.45) is 1.33. The molecule has 0 spiro atoms. The van der Waals surface area contributed by atoms with Crippen LogP contribution in [0.4, 0.5) is 0 Å². The van der Waals surface area contributed by atoms with Gasteiger partial charge in [-0.3, -0.25) is 9.69 Å². The third-order valence-corrected chi connectivity index (χ3v) is 3.43. The van der Waals surface area contributed by atoms with E-state index in [1.807, 2.05) is 20.8 Å². The van der Waals surface area contributed by atoms with Crippen molar-refractivity contribution in [2.75, 3.05) is 13.1 Å². The summed E-state index contributed by atoms with van der Waals surface area (Å²) in [5, 5.41) is 9.23. The summed E-state index contributed by atoms with van der Waals surface area (Å²) < 4.78 is 0. The third kappa shape index (κ3) is 1.65. The second-order valence-corrected chi connectivity index (χ2v) is 5.82. The molecule has 0 amide bonds. The number of rotatable bonds is 2. The van der Waals surface area contributed by atoms with Crippen LogP contribution in [-0.2, 0) is 4.79 Å². The van der Waals surface area contributed by atoms with Crippen LogP contribution in [-0.4, -0.2) is 35.1 Å². The van der Waals surface area contributed by atoms with Crippen LogP contribution < -0.4 is 0 Å². The van der Waals surface area contributed by atoms with E-state index >= 15 is 0 Å². The fraction of sp³-hybridized carbons (Fsp3) is 0.909. The molecular formula is C11H19NO2. The van der Waals surface area contributed by atoms with Gasteiger partial charge in [0.05, 0.1) is 0 Å². The molecule has 0 aromatic carbocycles. The molecule has 1 saturated heterocycles. The van der Waals surface area contributed by atoms with E-state index in [2.05, 4.69) is 4.90 Å². The summed E-state index contributed by atoms with van der Waals surface area (Å²) in [5.41, 5.74) is -0.164. The Hall–Kier alpha value is -0.570. The monoisotopic (exact) mass is 197 g/mol. The highest BCUT2D eigenvalue weighted by Gasteiger charge is 2.50. The maximum absolute atomic E-state index is 11.2. The van der Waals surface area contributed by atoms with E-state index in [4.69, 9.17) is 0 Å². The fourth-order valence-electron chi connectivity index (χ4n) is 2.72. The molecule has 3 atom stereocenters. The van der Waals surface area contributed by atoms with Gasteiger partial charge in [0.2, 0.25) is 0 Å². The molecule has 80 valence electrons. The molecule has 0 aromatic rings. The van der Waals surface area contributed by atoms with E-state index in [9.17, 15) is 9.90 Å². The van der Waals surface area contributed by atoms with Crippen LogP contribution in [0.1, 0.15) is 27.2 Å². The van der Waals surface area contributed by atoms with E-state index < -0.39 is 5.97 Å². The fourth-order valence-corrected chi connectivity index (χ4v) is 2.72. The number of likely N-dealkylation sites (tertiary alicyclic amines) is 1. The van der Waals surface area contributed by atoms with Crippen molar-refractivity contribution in [2.24, 2.45) is 17.3 Å². The van der Waals surface area contributed by atoms with Crippen LogP contribution >= 0.6 is 0 Å². The number of piperidine rings is 1. The first-order valence-corrected chi connectivity index (χ1v) is 5.36. The maximum atomic E-state index is 11.2. The number of aliphatic carboxylic acids is 1. The molecule has 3 nitrogen and oxygen atoms in total. The first-order chi connectivity index (χ1) is 6.39. The van der Waals surface area contributed by atoms with Crippen LogP contribution in [0.2, 0.25) is 0 Å². The highest BCUT2D eigenvalue weighted by molar-refractivity contribution is 5.74. The van der Waals surface area contributed by atoms with Gasteiger partial charge in [-0.2, -0.15) is 0 Å². The maximum Gasteiger partial charge on any atom is 0.321 e. The Balaban J connectivity index is 2.07. The van der Waals surface area contributed by atoms with Gasteiger partial charge >= 0.3 is 5.97 Å². The molecule has 1 saturated carbocycles. The van der Waals surface area contributed by atoms with Crippen molar-refractivity contribution in [3.05, 3.63) is 0 Å². The van der Waals surface area contributed by atoms with E-state index in [-0.39, 0.29) is 11.5 Å². The highest BCUT2D eigenvalue weighted by Crippen LogP contribution is 2.46. The summed E-state index contributed by atoms with van der Waals surface area (Å²) in [6.45, 7) is 8.03. The lowest BCUT2D eigenvalue weighted by atomic mass is 9.85. The quantitative estimate of drug-likeness (QED) is 0.728. The number of hydrogen-bond acceptors (Lipinski definition) is 2. The minimum atomic E-state index is -0.668. The van der Waals surface area contributed by atoms with Gasteiger partial charge in [-0.1, -0.05) is 20.8 Å². The second-order valence-electron chi connectivity index (χ2n) is 5.82. The smallest absolute Gasteiger partial charge is 0.321 e. The number of carboxylic acids is 1. The molecule has 0 bridgehead atoms. The number of fused-ring (bicyclic) bond motifs is 1. The van der Waals surface area contributed by atoms with E-state index in [0.29, 0.717) is 0 Å². The lowest BCUT2D eigenvalue weighted by molar-refractivity contribution is -0.147. The topological polar surface area (TPSA) is 40.5 Å². The summed E-state index contributed by atoms with van der Waals surface area (Å²) in [7, 11) is 0. The molecule has 1 N–H and O–H groups in total. The van der Waals surface area contributed by atoms with Crippen molar-refractivity contribution < 1.29 is 9.90 Å². The zero-order valence-electron chi connectivity index (χ0n) is 9.16. The van der Waals surface area contributed by atoms with Crippen LogP contribution in [0.15, 0.2) is 0 Å². The zero-order valence-corrected chi connectivity index (χ0v) is 9.16. The molecule has 1 aliphatic carbocycles. The van der Waals surface area contributed by atoms with Crippen molar-refractivity contribution in [3.8, 4) is 0 Å². The van der Waals surface area contributed by atoms with Crippen LogP contribution in [0.3, 0.4) is 0 Å². The average molecular weight is 197 g/mol. The van der Waals surface area contributed by atoms with Crippen molar-refractivity contribution >= 4 is 5.97 Å². The lowest BCUT2D eigenvalue weighted by Gasteiger charge is -2.35. The molecule has 2 fully saturated rings. The Labute approximate surface area is 85.1 Å². The van der Waals surface area contributed by atoms with Crippen LogP contribution in [0.25, 0.3) is 0 Å². The molecular weight excluding hydrogens is 178 g/mol. The Bertz CT molecular complexity index is 247. The van der Waals surface area contributed by atoms with Crippen LogP contribution in [0, 0.1) is 17.3 Å². The minimum Gasteiger partial charge on any atom is -0.480 e. The Morgan fingerprint density at radius 2 is 1.86 bits per heavy atom. The van der Waals surface area contributed by atoms with Gasteiger partial charge in [0.1, 0.15) is 6.04 Å². The largest absolute Gasteiger partial charge is 0.480 e. The Kier molecular flexibility index (Phi) is 2.11. The first-order valence-electron chi connectivity index (χ1n) is 5.36. The molecule has 3 heteroatoms. The molecule has 0 aromatic heterocycles. The SMILES string of the molecule is CC(C)(C)C(C(=O)O)N1CC2CC2C1. The van der Waals surface area contributed by atoms with Crippen molar-refractivity contribution in [1.82, 2.24) is 4.90 Å². The normalized spacial score (nSPS) is 33.9. The van der Waals surface area contributed by atoms with Gasteiger partial charge in [0.15, 0.2) is 0 Å². The summed E-state index contributed by atoms with van der Waals surface area (Å²) in [4.78, 5) is 13.4. The standard InChI is InChI=1S/C11H19NO2/c1-11(2,3)9(10(13)14)12-5-7-4-8(7)6-12/h7-9H,4-6H2,1-3H3,(H,13,14). The molecule has 1 aliphatic heterocycles. The van der Waals surface area contributed by atoms with Crippen molar-refractivity contribution in [1.29, 1.82) is 0 Å². The zero-order chi connectivity index (χ0) is 10.5. The van der Waals surface area contributed by atoms with Crippen molar-refractivity contribution in [2.45, 2.75) is 33.2 Å². The number of carbonyl (C=O) groups is 1. The number of nitrogens with zero attached hydrogens (tertiary/aromatic N) is 1. The minimum absolute atomic E-state index is 0.164. The van der Waals surface area contributed by atoms with E-state index in [1.54, 1.807) is 0 Å². The molecule has 3 unspecified atom stereocenters. The predicted molar refractivity (Wildman–Crippen MR) is 54.0 cm³/mol. The number of carboxylic acid groups (broad SMARTS) is 1. The van der Waals surface area contributed by atoms with Crippen LogP contribution in [0.5, 0.6) is 0 Å². The molecule has 2 rings (SSSR count). The summed E-state index contributed by atoms with van der Waals surface area (Å²) in [6, 6.07) is -0.310. The highest BCUT2D eigenvalue weighted by atomic mass is 16.4. The summed E-state index contributed by atoms with van der Waals surface area (Å²) >= 11 is 0. The third-order valence-electron chi connectivity index (χ3n) is 3.43. The Morgan fingerprint density at radius 1 is 1.36 bits per heavy atom. The van der Waals surface area contributed by atoms with E-state index in [1.165, 1.54) is 6.42 Å². The molecule has 14 heavy (non-hydrogen) atoms. The van der Waals surface area contributed by atoms with Gasteiger partial charge in [-0.15, -0.1) is 0 Å². The first kappa shape index (κ1) is 9.97. The average Bonchev–Trinajstić information content (AvgIpc) is 2.55.